The average molecular weight is 408 g/mol. The molecule has 158 valence electrons. The van der Waals surface area contributed by atoms with E-state index >= 15 is 0 Å². The molecule has 4 rings (SSSR count). The lowest BCUT2D eigenvalue weighted by atomic mass is 10.1. The summed E-state index contributed by atoms with van der Waals surface area (Å²) in [7, 11) is 0. The van der Waals surface area contributed by atoms with Gasteiger partial charge in [-0.1, -0.05) is 20.8 Å². The Morgan fingerprint density at radius 1 is 1.10 bits per heavy atom. The fourth-order valence-electron chi connectivity index (χ4n) is 3.51. The van der Waals surface area contributed by atoms with Gasteiger partial charge in [-0.05, 0) is 66.8 Å². The zero-order valence-corrected chi connectivity index (χ0v) is 17.8. The van der Waals surface area contributed by atoms with Crippen LogP contribution in [-0.2, 0) is 13.1 Å². The van der Waals surface area contributed by atoms with Crippen molar-refractivity contribution in [1.82, 2.24) is 4.90 Å². The number of rotatable bonds is 9. The van der Waals surface area contributed by atoms with Gasteiger partial charge in [0.25, 0.3) is 5.91 Å². The molecule has 0 spiro atoms. The molecule has 2 unspecified atom stereocenters. The summed E-state index contributed by atoms with van der Waals surface area (Å²) in [6, 6.07) is 15.0. The van der Waals surface area contributed by atoms with Crippen molar-refractivity contribution in [3.63, 3.8) is 0 Å². The van der Waals surface area contributed by atoms with Crippen molar-refractivity contribution in [3.05, 3.63) is 77.6 Å². The number of hydrogen-bond donors (Lipinski definition) is 0. The molecule has 3 aromatic rings. The van der Waals surface area contributed by atoms with Gasteiger partial charge in [0, 0.05) is 11.5 Å². The fourth-order valence-corrected chi connectivity index (χ4v) is 3.51. The van der Waals surface area contributed by atoms with Crippen molar-refractivity contribution in [1.29, 1.82) is 0 Å². The molecule has 1 aliphatic rings. The first-order valence-electron chi connectivity index (χ1n) is 10.6. The van der Waals surface area contributed by atoms with Gasteiger partial charge in [0.2, 0.25) is 0 Å². The van der Waals surface area contributed by atoms with Gasteiger partial charge in [-0.2, -0.15) is 0 Å². The topological polar surface area (TPSA) is 55.8 Å². The van der Waals surface area contributed by atoms with Gasteiger partial charge in [0.15, 0.2) is 0 Å². The van der Waals surface area contributed by atoms with E-state index in [2.05, 4.69) is 20.8 Å². The third kappa shape index (κ3) is 4.96. The van der Waals surface area contributed by atoms with Crippen LogP contribution in [0.4, 0.5) is 0 Å². The zero-order valence-electron chi connectivity index (χ0n) is 17.8. The van der Waals surface area contributed by atoms with Crippen LogP contribution in [0, 0.1) is 11.8 Å². The Balaban J connectivity index is 1.48. The molecule has 0 N–H and O–H groups in total. The molecular formula is C25H29NO4. The normalized spacial score (nSPS) is 17.9. The number of nitrogens with zero attached hydrogens (tertiary/aromatic N) is 1. The van der Waals surface area contributed by atoms with E-state index in [9.17, 15) is 4.79 Å². The SMILES string of the molecule is CC(C)COc1ccc(C(=O)N(Cc2ccco2)Cc2ccc(C3CC3C)o2)cc1. The molecule has 1 amide bonds. The predicted octanol–water partition coefficient (Wildman–Crippen LogP) is 5.87. The first-order valence-corrected chi connectivity index (χ1v) is 10.6. The third-order valence-electron chi connectivity index (χ3n) is 5.40. The molecule has 0 radical (unpaired) electrons. The molecule has 30 heavy (non-hydrogen) atoms. The predicted molar refractivity (Wildman–Crippen MR) is 114 cm³/mol. The number of ether oxygens (including phenoxy) is 1. The number of carbonyl (C=O) groups is 1. The maximum atomic E-state index is 13.3. The molecule has 1 saturated carbocycles. The lowest BCUT2D eigenvalue weighted by Crippen LogP contribution is -2.29. The molecule has 2 aromatic heterocycles. The molecule has 5 heteroatoms. The molecule has 1 aliphatic carbocycles. The van der Waals surface area contributed by atoms with Crippen LogP contribution in [0.3, 0.4) is 0 Å². The molecule has 0 saturated heterocycles. The van der Waals surface area contributed by atoms with Gasteiger partial charge in [0.05, 0.1) is 26.0 Å². The van der Waals surface area contributed by atoms with Gasteiger partial charge >= 0.3 is 0 Å². The van der Waals surface area contributed by atoms with Gasteiger partial charge in [0.1, 0.15) is 23.0 Å². The summed E-state index contributed by atoms with van der Waals surface area (Å²) >= 11 is 0. The molecular weight excluding hydrogens is 378 g/mol. The second-order valence-electron chi connectivity index (χ2n) is 8.59. The van der Waals surface area contributed by atoms with E-state index in [1.165, 1.54) is 6.42 Å². The van der Waals surface area contributed by atoms with Crippen LogP contribution in [0.5, 0.6) is 5.75 Å². The van der Waals surface area contributed by atoms with Crippen LogP contribution < -0.4 is 4.74 Å². The summed E-state index contributed by atoms with van der Waals surface area (Å²) in [5.74, 6) is 4.91. The number of amides is 1. The Morgan fingerprint density at radius 2 is 1.83 bits per heavy atom. The minimum atomic E-state index is -0.0699. The summed E-state index contributed by atoms with van der Waals surface area (Å²) in [5.41, 5.74) is 0.612. The number of carbonyl (C=O) groups excluding carboxylic acids is 1. The second kappa shape index (κ2) is 8.82. The Bertz CT molecular complexity index is 955. The Morgan fingerprint density at radius 3 is 2.47 bits per heavy atom. The summed E-state index contributed by atoms with van der Waals surface area (Å²) in [5, 5.41) is 0. The van der Waals surface area contributed by atoms with Gasteiger partial charge in [-0.15, -0.1) is 0 Å². The third-order valence-corrected chi connectivity index (χ3v) is 5.40. The van der Waals surface area contributed by atoms with Gasteiger partial charge in [-0.25, -0.2) is 0 Å². The van der Waals surface area contributed by atoms with E-state index < -0.39 is 0 Å². The van der Waals surface area contributed by atoms with E-state index in [-0.39, 0.29) is 5.91 Å². The highest BCUT2D eigenvalue weighted by Crippen LogP contribution is 2.47. The Kier molecular flexibility index (Phi) is 5.98. The molecule has 2 heterocycles. The van der Waals surface area contributed by atoms with Crippen LogP contribution in [-0.4, -0.2) is 17.4 Å². The summed E-state index contributed by atoms with van der Waals surface area (Å²) < 4.78 is 17.3. The second-order valence-corrected chi connectivity index (χ2v) is 8.59. The van der Waals surface area contributed by atoms with E-state index in [1.807, 2.05) is 48.5 Å². The van der Waals surface area contributed by atoms with Crippen molar-refractivity contribution >= 4 is 5.91 Å². The largest absolute Gasteiger partial charge is 0.493 e. The molecule has 0 bridgehead atoms. The molecule has 5 nitrogen and oxygen atoms in total. The van der Waals surface area contributed by atoms with Crippen LogP contribution >= 0.6 is 0 Å². The quantitative estimate of drug-likeness (QED) is 0.445. The first-order chi connectivity index (χ1) is 14.5. The van der Waals surface area contributed by atoms with Crippen LogP contribution in [0.15, 0.2) is 63.6 Å². The van der Waals surface area contributed by atoms with Crippen LogP contribution in [0.25, 0.3) is 0 Å². The number of furan rings is 2. The summed E-state index contributed by atoms with van der Waals surface area (Å²) in [4.78, 5) is 15.0. The van der Waals surface area contributed by atoms with E-state index in [4.69, 9.17) is 13.6 Å². The fraction of sp³-hybridized carbons (Fsp3) is 0.400. The number of benzene rings is 1. The highest BCUT2D eigenvalue weighted by Gasteiger charge is 2.36. The minimum absolute atomic E-state index is 0.0699. The van der Waals surface area contributed by atoms with Crippen molar-refractivity contribution in [2.45, 2.75) is 46.2 Å². The average Bonchev–Trinajstić information content (AvgIpc) is 3.13. The number of hydrogen-bond acceptors (Lipinski definition) is 4. The highest BCUT2D eigenvalue weighted by atomic mass is 16.5. The summed E-state index contributed by atoms with van der Waals surface area (Å²) in [6.45, 7) is 7.87. The van der Waals surface area contributed by atoms with Crippen molar-refractivity contribution in [2.24, 2.45) is 11.8 Å². The first kappa shape index (κ1) is 20.3. The highest BCUT2D eigenvalue weighted by molar-refractivity contribution is 5.94. The zero-order chi connectivity index (χ0) is 21.1. The molecule has 1 fully saturated rings. The minimum Gasteiger partial charge on any atom is -0.493 e. The Hall–Kier alpha value is -2.95. The molecule has 0 aliphatic heterocycles. The van der Waals surface area contributed by atoms with Crippen LogP contribution in [0.1, 0.15) is 60.7 Å². The monoisotopic (exact) mass is 407 g/mol. The van der Waals surface area contributed by atoms with E-state index in [0.717, 1.165) is 23.0 Å². The standard InChI is InChI=1S/C25H29NO4/c1-17(2)16-29-20-8-6-19(7-9-20)25(27)26(14-21-5-4-12-28-21)15-22-10-11-24(30-22)23-13-18(23)3/h4-12,17-18,23H,13-16H2,1-3H3. The maximum absolute atomic E-state index is 13.3. The van der Waals surface area contributed by atoms with Crippen LogP contribution in [0.2, 0.25) is 0 Å². The van der Waals surface area contributed by atoms with Crippen molar-refractivity contribution in [3.8, 4) is 5.75 Å². The van der Waals surface area contributed by atoms with E-state index in [1.54, 1.807) is 11.2 Å². The van der Waals surface area contributed by atoms with Crippen molar-refractivity contribution < 1.29 is 18.4 Å². The molecule has 1 aromatic carbocycles. The van der Waals surface area contributed by atoms with Gasteiger partial charge in [-0.3, -0.25) is 4.79 Å². The maximum Gasteiger partial charge on any atom is 0.254 e. The smallest absolute Gasteiger partial charge is 0.254 e. The lowest BCUT2D eigenvalue weighted by Gasteiger charge is -2.21. The summed E-state index contributed by atoms with van der Waals surface area (Å²) in [6.07, 6.45) is 2.80. The lowest BCUT2D eigenvalue weighted by molar-refractivity contribution is 0.0704. The van der Waals surface area contributed by atoms with E-state index in [0.29, 0.717) is 43.0 Å². The Labute approximate surface area is 177 Å². The molecule has 2 atom stereocenters. The van der Waals surface area contributed by atoms with Crippen molar-refractivity contribution in [2.75, 3.05) is 6.61 Å². The van der Waals surface area contributed by atoms with Gasteiger partial charge < -0.3 is 18.5 Å².